The summed E-state index contributed by atoms with van der Waals surface area (Å²) in [6.07, 6.45) is 0. The number of carbonyl (C=O) groups excluding carboxylic acids is 1. The molecule has 2 N–H and O–H groups in total. The fraction of sp³-hybridized carbons (Fsp3) is 0.174. The molecule has 184 valence electrons. The number of sulfone groups is 1. The molecule has 35 heavy (non-hydrogen) atoms. The van der Waals surface area contributed by atoms with Crippen molar-refractivity contribution in [2.75, 3.05) is 24.2 Å². The number of nitrogens with one attached hydrogen (secondary N) is 2. The summed E-state index contributed by atoms with van der Waals surface area (Å²) in [6.45, 7) is 0.131. The lowest BCUT2D eigenvalue weighted by atomic mass is 10.2. The molecule has 3 aromatic rings. The number of nitro benzene ring substituents is 1. The molecule has 0 aliphatic rings. The molecule has 0 bridgehead atoms. The van der Waals surface area contributed by atoms with Crippen molar-refractivity contribution in [3.05, 3.63) is 92.5 Å². The van der Waals surface area contributed by atoms with E-state index in [9.17, 15) is 23.3 Å². The fourth-order valence-corrected chi connectivity index (χ4v) is 5.85. The average molecular weight is 554 g/mol. The normalized spacial score (nSPS) is 11.1. The van der Waals surface area contributed by atoms with Crippen molar-refractivity contribution in [3.8, 4) is 0 Å². The smallest absolute Gasteiger partial charge is 0.290 e. The van der Waals surface area contributed by atoms with Crippen LogP contribution < -0.4 is 10.6 Å². The predicted molar refractivity (Wildman–Crippen MR) is 139 cm³/mol. The first-order chi connectivity index (χ1) is 16.7. The first-order valence-electron chi connectivity index (χ1n) is 10.3. The Hall–Kier alpha value is -2.79. The Morgan fingerprint density at radius 2 is 1.74 bits per heavy atom. The monoisotopic (exact) mass is 553 g/mol. The molecule has 0 heterocycles. The van der Waals surface area contributed by atoms with Crippen molar-refractivity contribution >= 4 is 62.1 Å². The molecule has 12 heteroatoms. The van der Waals surface area contributed by atoms with Crippen LogP contribution in [0.4, 0.5) is 11.4 Å². The van der Waals surface area contributed by atoms with Gasteiger partial charge in [0.2, 0.25) is 15.7 Å². The molecular weight excluding hydrogens is 533 g/mol. The molecule has 3 aromatic carbocycles. The molecule has 3 rings (SSSR count). The standard InChI is InChI=1S/C23H21Cl2N3O5S2/c24-18-10-9-16(13-19(18)25)15-34-12-11-26-22(29)14-27-20-7-4-8-21(28(30)31)23(20)35(32,33)17-5-2-1-3-6-17/h1-10,13,27H,11-12,14-15H2,(H,26,29). The van der Waals surface area contributed by atoms with E-state index in [0.717, 1.165) is 11.6 Å². The van der Waals surface area contributed by atoms with Crippen LogP contribution in [0.2, 0.25) is 10.0 Å². The van der Waals surface area contributed by atoms with Gasteiger partial charge < -0.3 is 10.6 Å². The maximum absolute atomic E-state index is 13.2. The number of halogens is 2. The van der Waals surface area contributed by atoms with Crippen LogP contribution in [0, 0.1) is 10.1 Å². The van der Waals surface area contributed by atoms with Gasteiger partial charge in [0, 0.05) is 24.1 Å². The third-order valence-electron chi connectivity index (χ3n) is 4.77. The molecule has 0 aliphatic carbocycles. The van der Waals surface area contributed by atoms with E-state index < -0.39 is 25.3 Å². The van der Waals surface area contributed by atoms with Crippen molar-refractivity contribution in [2.24, 2.45) is 0 Å². The summed E-state index contributed by atoms with van der Waals surface area (Å²) in [5, 5.41) is 18.0. The molecule has 0 fully saturated rings. The highest BCUT2D eigenvalue weighted by Crippen LogP contribution is 2.35. The zero-order chi connectivity index (χ0) is 25.4. The summed E-state index contributed by atoms with van der Waals surface area (Å²) in [5.41, 5.74) is 0.417. The van der Waals surface area contributed by atoms with E-state index in [1.54, 1.807) is 30.0 Å². The summed E-state index contributed by atoms with van der Waals surface area (Å²) in [6, 6.07) is 16.7. The van der Waals surface area contributed by atoms with Gasteiger partial charge in [-0.2, -0.15) is 11.8 Å². The molecule has 0 spiro atoms. The minimum absolute atomic E-state index is 0.0211. The van der Waals surface area contributed by atoms with Gasteiger partial charge in [-0.3, -0.25) is 14.9 Å². The number of nitrogens with zero attached hydrogens (tertiary/aromatic N) is 1. The second-order valence-corrected chi connectivity index (χ2v) is 11.0. The van der Waals surface area contributed by atoms with Gasteiger partial charge in [0.05, 0.1) is 32.1 Å². The van der Waals surface area contributed by atoms with E-state index in [1.165, 1.54) is 36.4 Å². The van der Waals surface area contributed by atoms with Crippen molar-refractivity contribution in [3.63, 3.8) is 0 Å². The zero-order valence-corrected chi connectivity index (χ0v) is 21.4. The van der Waals surface area contributed by atoms with Gasteiger partial charge >= 0.3 is 0 Å². The highest BCUT2D eigenvalue weighted by molar-refractivity contribution is 7.98. The minimum Gasteiger partial charge on any atom is -0.375 e. The van der Waals surface area contributed by atoms with Gasteiger partial charge in [-0.05, 0) is 35.9 Å². The molecule has 0 unspecified atom stereocenters. The third-order valence-corrected chi connectivity index (χ3v) is 8.40. The summed E-state index contributed by atoms with van der Waals surface area (Å²) >= 11 is 13.5. The zero-order valence-electron chi connectivity index (χ0n) is 18.2. The summed E-state index contributed by atoms with van der Waals surface area (Å²) in [4.78, 5) is 22.5. The second kappa shape index (κ2) is 12.3. The predicted octanol–water partition coefficient (Wildman–Crippen LogP) is 5.20. The van der Waals surface area contributed by atoms with Crippen LogP contribution in [0.1, 0.15) is 5.56 Å². The van der Waals surface area contributed by atoms with E-state index in [4.69, 9.17) is 23.2 Å². The number of hydrogen-bond acceptors (Lipinski definition) is 7. The maximum atomic E-state index is 13.2. The summed E-state index contributed by atoms with van der Waals surface area (Å²) in [7, 11) is -4.21. The van der Waals surface area contributed by atoms with Crippen LogP contribution in [-0.2, 0) is 20.4 Å². The molecule has 0 saturated heterocycles. The van der Waals surface area contributed by atoms with Crippen molar-refractivity contribution in [1.29, 1.82) is 0 Å². The molecule has 8 nitrogen and oxygen atoms in total. The Morgan fingerprint density at radius 3 is 2.43 bits per heavy atom. The van der Waals surface area contributed by atoms with Gasteiger partial charge in [0.15, 0.2) is 4.90 Å². The highest BCUT2D eigenvalue weighted by atomic mass is 35.5. The number of carbonyl (C=O) groups is 1. The van der Waals surface area contributed by atoms with E-state index in [-0.39, 0.29) is 23.0 Å². The van der Waals surface area contributed by atoms with E-state index >= 15 is 0 Å². The van der Waals surface area contributed by atoms with Gasteiger partial charge in [-0.15, -0.1) is 0 Å². The lowest BCUT2D eigenvalue weighted by molar-refractivity contribution is -0.387. The molecule has 0 aliphatic heterocycles. The molecular formula is C23H21Cl2N3O5S2. The first kappa shape index (κ1) is 26.8. The van der Waals surface area contributed by atoms with Gasteiger partial charge in [-0.1, -0.05) is 53.5 Å². The summed E-state index contributed by atoms with van der Waals surface area (Å²) in [5.74, 6) is 0.949. The number of benzene rings is 3. The molecule has 0 atom stereocenters. The SMILES string of the molecule is O=C(CNc1cccc([N+](=O)[O-])c1S(=O)(=O)c1ccccc1)NCCSCc1ccc(Cl)c(Cl)c1. The number of rotatable bonds is 11. The summed E-state index contributed by atoms with van der Waals surface area (Å²) < 4.78 is 26.3. The fourth-order valence-electron chi connectivity index (χ4n) is 3.13. The Kier molecular flexibility index (Phi) is 9.39. The number of anilines is 1. The largest absolute Gasteiger partial charge is 0.375 e. The first-order valence-corrected chi connectivity index (χ1v) is 13.7. The molecule has 0 radical (unpaired) electrons. The topological polar surface area (TPSA) is 118 Å². The van der Waals surface area contributed by atoms with Crippen LogP contribution in [0.3, 0.4) is 0 Å². The van der Waals surface area contributed by atoms with Gasteiger partial charge in [0.1, 0.15) is 0 Å². The van der Waals surface area contributed by atoms with E-state index in [2.05, 4.69) is 10.6 Å². The van der Waals surface area contributed by atoms with Crippen LogP contribution in [0.15, 0.2) is 76.5 Å². The number of hydrogen-bond donors (Lipinski definition) is 2. The van der Waals surface area contributed by atoms with Crippen molar-refractivity contribution in [1.82, 2.24) is 5.32 Å². The third kappa shape index (κ3) is 7.11. The van der Waals surface area contributed by atoms with E-state index in [0.29, 0.717) is 28.1 Å². The Morgan fingerprint density at radius 1 is 1.00 bits per heavy atom. The molecule has 0 aromatic heterocycles. The highest BCUT2D eigenvalue weighted by Gasteiger charge is 2.31. The lowest BCUT2D eigenvalue weighted by Gasteiger charge is -2.13. The van der Waals surface area contributed by atoms with Crippen LogP contribution >= 0.6 is 35.0 Å². The van der Waals surface area contributed by atoms with Crippen molar-refractivity contribution < 1.29 is 18.1 Å². The van der Waals surface area contributed by atoms with Crippen molar-refractivity contribution in [2.45, 2.75) is 15.5 Å². The quantitative estimate of drug-likeness (QED) is 0.190. The Bertz CT molecular complexity index is 1320. The molecule has 1 amide bonds. The van der Waals surface area contributed by atoms with Gasteiger partial charge in [-0.25, -0.2) is 8.42 Å². The second-order valence-electron chi connectivity index (χ2n) is 7.23. The minimum atomic E-state index is -4.21. The van der Waals surface area contributed by atoms with Crippen LogP contribution in [0.25, 0.3) is 0 Å². The van der Waals surface area contributed by atoms with Crippen LogP contribution in [-0.4, -0.2) is 38.1 Å². The lowest BCUT2D eigenvalue weighted by Crippen LogP contribution is -2.31. The Labute approximate surface area is 217 Å². The van der Waals surface area contributed by atoms with Gasteiger partial charge in [0.25, 0.3) is 5.69 Å². The Balaban J connectivity index is 1.60. The maximum Gasteiger partial charge on any atom is 0.290 e. The number of nitro groups is 1. The number of thioether (sulfide) groups is 1. The average Bonchev–Trinajstić information content (AvgIpc) is 2.84. The molecule has 0 saturated carbocycles. The number of amides is 1. The van der Waals surface area contributed by atoms with E-state index in [1.807, 2.05) is 6.07 Å². The van der Waals surface area contributed by atoms with Crippen LogP contribution in [0.5, 0.6) is 0 Å².